The molecule has 1 aromatic heterocycles. The van der Waals surface area contributed by atoms with Crippen molar-refractivity contribution in [3.8, 4) is 0 Å². The summed E-state index contributed by atoms with van der Waals surface area (Å²) < 4.78 is 0. The molecule has 1 saturated heterocycles. The lowest BCUT2D eigenvalue weighted by Crippen LogP contribution is -2.44. The summed E-state index contributed by atoms with van der Waals surface area (Å²) in [5.74, 6) is 3.21. The van der Waals surface area contributed by atoms with Gasteiger partial charge in [0.2, 0.25) is 0 Å². The van der Waals surface area contributed by atoms with Gasteiger partial charge < -0.3 is 15.1 Å². The van der Waals surface area contributed by atoms with Gasteiger partial charge in [0.1, 0.15) is 17.5 Å². The number of likely N-dealkylation sites (N-methyl/N-ethyl adjacent to an activating group) is 1. The Balaban J connectivity index is 1.76. The molecule has 2 heterocycles. The number of aryl methyl sites for hydroxylation is 1. The summed E-state index contributed by atoms with van der Waals surface area (Å²) in [6.07, 6.45) is 0. The molecule has 0 radical (unpaired) electrons. The molecule has 0 spiro atoms. The zero-order chi connectivity index (χ0) is 17.1. The highest BCUT2D eigenvalue weighted by Crippen LogP contribution is 2.22. The molecule has 1 aromatic carbocycles. The van der Waals surface area contributed by atoms with Crippen molar-refractivity contribution in [1.82, 2.24) is 14.9 Å². The SMILES string of the molecule is Cc1nc(Nc2ccc(C(C)C)cc2)cc(N2CCN(C)CC2)n1. The molecule has 24 heavy (non-hydrogen) atoms. The summed E-state index contributed by atoms with van der Waals surface area (Å²) >= 11 is 0. The van der Waals surface area contributed by atoms with E-state index in [0.717, 1.165) is 49.3 Å². The Kier molecular flexibility index (Phi) is 5.00. The van der Waals surface area contributed by atoms with E-state index in [2.05, 4.69) is 76.3 Å². The van der Waals surface area contributed by atoms with Crippen LogP contribution in [0.2, 0.25) is 0 Å². The molecule has 1 aliphatic rings. The first-order valence-corrected chi connectivity index (χ1v) is 8.67. The van der Waals surface area contributed by atoms with E-state index in [1.807, 2.05) is 6.92 Å². The molecule has 5 nitrogen and oxygen atoms in total. The maximum atomic E-state index is 4.62. The van der Waals surface area contributed by atoms with Gasteiger partial charge in [-0.2, -0.15) is 0 Å². The third-order valence-corrected chi connectivity index (χ3v) is 4.50. The van der Waals surface area contributed by atoms with E-state index in [9.17, 15) is 0 Å². The van der Waals surface area contributed by atoms with Crippen LogP contribution in [0.25, 0.3) is 0 Å². The Morgan fingerprint density at radius 1 is 1.00 bits per heavy atom. The van der Waals surface area contributed by atoms with E-state index in [1.54, 1.807) is 0 Å². The smallest absolute Gasteiger partial charge is 0.136 e. The summed E-state index contributed by atoms with van der Waals surface area (Å²) in [7, 11) is 2.16. The van der Waals surface area contributed by atoms with Crippen LogP contribution in [0.5, 0.6) is 0 Å². The van der Waals surface area contributed by atoms with E-state index in [0.29, 0.717) is 5.92 Å². The number of aromatic nitrogens is 2. The Morgan fingerprint density at radius 2 is 1.67 bits per heavy atom. The van der Waals surface area contributed by atoms with Gasteiger partial charge in [-0.1, -0.05) is 26.0 Å². The Hall–Kier alpha value is -2.14. The number of piperazine rings is 1. The molecular formula is C19H27N5. The Bertz CT molecular complexity index is 673. The monoisotopic (exact) mass is 325 g/mol. The quantitative estimate of drug-likeness (QED) is 0.933. The Labute approximate surface area is 144 Å². The average Bonchev–Trinajstić information content (AvgIpc) is 2.55. The van der Waals surface area contributed by atoms with Crippen LogP contribution in [-0.2, 0) is 0 Å². The standard InChI is InChI=1S/C19H27N5/c1-14(2)16-5-7-17(8-6-16)22-18-13-19(21-15(3)20-18)24-11-9-23(4)10-12-24/h5-8,13-14H,9-12H2,1-4H3,(H,20,21,22). The first-order valence-electron chi connectivity index (χ1n) is 8.67. The predicted molar refractivity (Wildman–Crippen MR) is 100 cm³/mol. The molecule has 0 amide bonds. The van der Waals surface area contributed by atoms with Crippen LogP contribution in [0.15, 0.2) is 30.3 Å². The fourth-order valence-corrected chi connectivity index (χ4v) is 2.91. The second kappa shape index (κ2) is 7.18. The molecule has 0 unspecified atom stereocenters. The number of anilines is 3. The number of rotatable bonds is 4. The van der Waals surface area contributed by atoms with Crippen LogP contribution in [0.1, 0.15) is 31.2 Å². The van der Waals surface area contributed by atoms with Crippen molar-refractivity contribution in [1.29, 1.82) is 0 Å². The minimum absolute atomic E-state index is 0.546. The largest absolute Gasteiger partial charge is 0.354 e. The van der Waals surface area contributed by atoms with E-state index >= 15 is 0 Å². The molecule has 0 atom stereocenters. The summed E-state index contributed by atoms with van der Waals surface area (Å²) in [5, 5.41) is 3.41. The lowest BCUT2D eigenvalue weighted by Gasteiger charge is -2.33. The fourth-order valence-electron chi connectivity index (χ4n) is 2.91. The van der Waals surface area contributed by atoms with Crippen LogP contribution in [0, 0.1) is 6.92 Å². The maximum absolute atomic E-state index is 4.62. The van der Waals surface area contributed by atoms with Gasteiger partial charge in [0, 0.05) is 37.9 Å². The minimum atomic E-state index is 0.546. The topological polar surface area (TPSA) is 44.3 Å². The number of hydrogen-bond donors (Lipinski definition) is 1. The van der Waals surface area contributed by atoms with Crippen molar-refractivity contribution in [2.45, 2.75) is 26.7 Å². The molecular weight excluding hydrogens is 298 g/mol. The number of hydrogen-bond acceptors (Lipinski definition) is 5. The van der Waals surface area contributed by atoms with Crippen LogP contribution < -0.4 is 10.2 Å². The van der Waals surface area contributed by atoms with Crippen molar-refractivity contribution in [3.05, 3.63) is 41.7 Å². The van der Waals surface area contributed by atoms with E-state index in [1.165, 1.54) is 5.56 Å². The highest BCUT2D eigenvalue weighted by molar-refractivity contribution is 5.60. The summed E-state index contributed by atoms with van der Waals surface area (Å²) in [6, 6.07) is 10.6. The molecule has 3 rings (SSSR count). The number of nitrogens with zero attached hydrogens (tertiary/aromatic N) is 4. The summed E-state index contributed by atoms with van der Waals surface area (Å²) in [6.45, 7) is 10.5. The number of benzene rings is 1. The van der Waals surface area contributed by atoms with Gasteiger partial charge in [0.25, 0.3) is 0 Å². The second-order valence-corrected chi connectivity index (χ2v) is 6.85. The average molecular weight is 325 g/mol. The van der Waals surface area contributed by atoms with Gasteiger partial charge in [-0.25, -0.2) is 9.97 Å². The molecule has 1 aliphatic heterocycles. The minimum Gasteiger partial charge on any atom is -0.354 e. The lowest BCUT2D eigenvalue weighted by molar-refractivity contribution is 0.312. The van der Waals surface area contributed by atoms with Crippen LogP contribution in [0.3, 0.4) is 0 Å². The van der Waals surface area contributed by atoms with E-state index < -0.39 is 0 Å². The summed E-state index contributed by atoms with van der Waals surface area (Å²) in [4.78, 5) is 13.8. The second-order valence-electron chi connectivity index (χ2n) is 6.85. The first kappa shape index (κ1) is 16.7. The maximum Gasteiger partial charge on any atom is 0.136 e. The molecule has 1 N–H and O–H groups in total. The van der Waals surface area contributed by atoms with E-state index in [-0.39, 0.29) is 0 Å². The first-order chi connectivity index (χ1) is 11.5. The van der Waals surface area contributed by atoms with Crippen molar-refractivity contribution < 1.29 is 0 Å². The molecule has 5 heteroatoms. The highest BCUT2D eigenvalue weighted by Gasteiger charge is 2.16. The van der Waals surface area contributed by atoms with Crippen molar-refractivity contribution in [2.24, 2.45) is 0 Å². The van der Waals surface area contributed by atoms with Gasteiger partial charge in [0.05, 0.1) is 0 Å². The van der Waals surface area contributed by atoms with Gasteiger partial charge in [0.15, 0.2) is 0 Å². The van der Waals surface area contributed by atoms with Gasteiger partial charge in [-0.15, -0.1) is 0 Å². The van der Waals surface area contributed by atoms with Crippen molar-refractivity contribution >= 4 is 17.3 Å². The van der Waals surface area contributed by atoms with Gasteiger partial charge in [-0.05, 0) is 37.6 Å². The molecule has 2 aromatic rings. The lowest BCUT2D eigenvalue weighted by atomic mass is 10.0. The zero-order valence-electron chi connectivity index (χ0n) is 15.1. The zero-order valence-corrected chi connectivity index (χ0v) is 15.1. The molecule has 0 saturated carbocycles. The molecule has 0 bridgehead atoms. The molecule has 0 aliphatic carbocycles. The van der Waals surface area contributed by atoms with Gasteiger partial charge in [-0.3, -0.25) is 0 Å². The van der Waals surface area contributed by atoms with Crippen molar-refractivity contribution in [3.63, 3.8) is 0 Å². The third-order valence-electron chi connectivity index (χ3n) is 4.50. The van der Waals surface area contributed by atoms with E-state index in [4.69, 9.17) is 0 Å². The van der Waals surface area contributed by atoms with Crippen LogP contribution in [0.4, 0.5) is 17.3 Å². The number of nitrogens with one attached hydrogen (secondary N) is 1. The van der Waals surface area contributed by atoms with Gasteiger partial charge >= 0.3 is 0 Å². The Morgan fingerprint density at radius 3 is 2.29 bits per heavy atom. The third kappa shape index (κ3) is 4.03. The normalized spacial score (nSPS) is 15.8. The van der Waals surface area contributed by atoms with Crippen LogP contribution >= 0.6 is 0 Å². The predicted octanol–water partition coefficient (Wildman–Crippen LogP) is 3.40. The summed E-state index contributed by atoms with van der Waals surface area (Å²) in [5.41, 5.74) is 2.40. The molecule has 128 valence electrons. The highest BCUT2D eigenvalue weighted by atomic mass is 15.3. The fraction of sp³-hybridized carbons (Fsp3) is 0.474. The van der Waals surface area contributed by atoms with Crippen LogP contribution in [-0.4, -0.2) is 48.1 Å². The molecule has 1 fully saturated rings. The van der Waals surface area contributed by atoms with Crippen molar-refractivity contribution in [2.75, 3.05) is 43.4 Å².